The molecule has 2 rings (SSSR count). The van der Waals surface area contributed by atoms with Crippen LogP contribution in [-0.4, -0.2) is 36.1 Å². The third-order valence-electron chi connectivity index (χ3n) is 2.79. The average Bonchev–Trinajstić information content (AvgIpc) is 2.30. The first kappa shape index (κ1) is 13.5. The maximum absolute atomic E-state index is 5.74. The molecule has 0 spiro atoms. The van der Waals surface area contributed by atoms with Crippen molar-refractivity contribution in [2.24, 2.45) is 0 Å². The van der Waals surface area contributed by atoms with E-state index in [-0.39, 0.29) is 12.4 Å². The van der Waals surface area contributed by atoms with Gasteiger partial charge in [0.1, 0.15) is 0 Å². The van der Waals surface area contributed by atoms with Gasteiger partial charge in [0, 0.05) is 19.1 Å². The minimum atomic E-state index is 0. The lowest BCUT2D eigenvalue weighted by Crippen LogP contribution is -2.41. The van der Waals surface area contributed by atoms with Gasteiger partial charge in [-0.25, -0.2) is 9.97 Å². The maximum Gasteiger partial charge on any atom is 0.225 e. The minimum absolute atomic E-state index is 0. The van der Waals surface area contributed by atoms with Gasteiger partial charge >= 0.3 is 0 Å². The number of piperidine rings is 1. The van der Waals surface area contributed by atoms with E-state index in [0.29, 0.717) is 11.1 Å². The highest BCUT2D eigenvalue weighted by atomic mass is 35.5. The molecule has 16 heavy (non-hydrogen) atoms. The lowest BCUT2D eigenvalue weighted by atomic mass is 10.1. The predicted molar refractivity (Wildman–Crippen MR) is 68.6 cm³/mol. The van der Waals surface area contributed by atoms with Crippen LogP contribution < -0.4 is 10.2 Å². The van der Waals surface area contributed by atoms with E-state index in [2.05, 4.69) is 20.2 Å². The van der Waals surface area contributed by atoms with Crippen molar-refractivity contribution in [3.05, 3.63) is 17.4 Å². The second-order valence-electron chi connectivity index (χ2n) is 3.75. The summed E-state index contributed by atoms with van der Waals surface area (Å²) < 4.78 is 0. The van der Waals surface area contributed by atoms with Crippen molar-refractivity contribution in [3.63, 3.8) is 0 Å². The quantitative estimate of drug-likeness (QED) is 0.882. The molecule has 1 N–H and O–H groups in total. The Bertz CT molecular complexity index is 309. The standard InChI is InChI=1S/C10H15ClN4.ClH/c1-12-9-2-4-15(5-3-9)10-13-6-8(11)7-14-10;/h6-7,9,12H,2-5H2,1H3;1H. The Balaban J connectivity index is 0.00000128. The zero-order valence-electron chi connectivity index (χ0n) is 9.19. The van der Waals surface area contributed by atoms with Gasteiger partial charge in [-0.3, -0.25) is 0 Å². The molecular weight excluding hydrogens is 247 g/mol. The molecule has 4 nitrogen and oxygen atoms in total. The Morgan fingerprint density at radius 2 is 1.88 bits per heavy atom. The average molecular weight is 263 g/mol. The number of hydrogen-bond donors (Lipinski definition) is 1. The van der Waals surface area contributed by atoms with Crippen molar-refractivity contribution in [2.75, 3.05) is 25.0 Å². The summed E-state index contributed by atoms with van der Waals surface area (Å²) in [6.45, 7) is 2.01. The Labute approximate surface area is 107 Å². The summed E-state index contributed by atoms with van der Waals surface area (Å²) in [4.78, 5) is 10.6. The third-order valence-corrected chi connectivity index (χ3v) is 2.99. The molecule has 0 unspecified atom stereocenters. The van der Waals surface area contributed by atoms with Crippen molar-refractivity contribution >= 4 is 30.0 Å². The summed E-state index contributed by atoms with van der Waals surface area (Å²) in [6.07, 6.45) is 5.58. The van der Waals surface area contributed by atoms with E-state index < -0.39 is 0 Å². The number of anilines is 1. The van der Waals surface area contributed by atoms with E-state index >= 15 is 0 Å². The van der Waals surface area contributed by atoms with Gasteiger partial charge in [-0.05, 0) is 19.9 Å². The SMILES string of the molecule is CNC1CCN(c2ncc(Cl)cn2)CC1.Cl. The smallest absolute Gasteiger partial charge is 0.225 e. The molecule has 0 radical (unpaired) electrons. The first-order valence-corrected chi connectivity index (χ1v) is 5.57. The molecule has 6 heteroatoms. The molecule has 0 aromatic carbocycles. The normalized spacial score (nSPS) is 17.0. The van der Waals surface area contributed by atoms with E-state index in [9.17, 15) is 0 Å². The van der Waals surface area contributed by atoms with Crippen LogP contribution in [0.3, 0.4) is 0 Å². The van der Waals surface area contributed by atoms with Gasteiger partial charge in [-0.1, -0.05) is 11.6 Å². The largest absolute Gasteiger partial charge is 0.341 e. The van der Waals surface area contributed by atoms with Gasteiger partial charge in [0.25, 0.3) is 0 Å². The highest BCUT2D eigenvalue weighted by molar-refractivity contribution is 6.30. The molecule has 1 aromatic rings. The molecule has 0 amide bonds. The van der Waals surface area contributed by atoms with Crippen LogP contribution in [0, 0.1) is 0 Å². The van der Waals surface area contributed by atoms with Crippen molar-refractivity contribution in [3.8, 4) is 0 Å². The Morgan fingerprint density at radius 3 is 2.38 bits per heavy atom. The van der Waals surface area contributed by atoms with Crippen LogP contribution in [0.1, 0.15) is 12.8 Å². The van der Waals surface area contributed by atoms with E-state index in [0.717, 1.165) is 31.9 Å². The van der Waals surface area contributed by atoms with E-state index in [4.69, 9.17) is 11.6 Å². The highest BCUT2D eigenvalue weighted by Gasteiger charge is 2.19. The van der Waals surface area contributed by atoms with Crippen molar-refractivity contribution in [2.45, 2.75) is 18.9 Å². The van der Waals surface area contributed by atoms with E-state index in [1.54, 1.807) is 12.4 Å². The summed E-state index contributed by atoms with van der Waals surface area (Å²) in [5.41, 5.74) is 0. The molecule has 1 saturated heterocycles. The number of nitrogens with zero attached hydrogens (tertiary/aromatic N) is 3. The monoisotopic (exact) mass is 262 g/mol. The van der Waals surface area contributed by atoms with Crippen LogP contribution in [0.4, 0.5) is 5.95 Å². The summed E-state index contributed by atoms with van der Waals surface area (Å²) in [5.74, 6) is 0.786. The van der Waals surface area contributed by atoms with Crippen LogP contribution in [0.25, 0.3) is 0 Å². The molecule has 90 valence electrons. The molecular formula is C10H16Cl2N4. The molecule has 0 bridgehead atoms. The van der Waals surface area contributed by atoms with Crippen LogP contribution in [0.15, 0.2) is 12.4 Å². The maximum atomic E-state index is 5.74. The van der Waals surface area contributed by atoms with Crippen LogP contribution in [-0.2, 0) is 0 Å². The van der Waals surface area contributed by atoms with Crippen LogP contribution in [0.2, 0.25) is 5.02 Å². The number of rotatable bonds is 2. The summed E-state index contributed by atoms with van der Waals surface area (Å²) in [7, 11) is 2.01. The Morgan fingerprint density at radius 1 is 1.31 bits per heavy atom. The Hall–Kier alpha value is -0.580. The predicted octanol–water partition coefficient (Wildman–Crippen LogP) is 1.74. The second kappa shape index (κ2) is 6.23. The van der Waals surface area contributed by atoms with Gasteiger partial charge in [-0.2, -0.15) is 0 Å². The van der Waals surface area contributed by atoms with Crippen molar-refractivity contribution in [1.82, 2.24) is 15.3 Å². The molecule has 2 heterocycles. The number of nitrogens with one attached hydrogen (secondary N) is 1. The van der Waals surface area contributed by atoms with Crippen molar-refractivity contribution in [1.29, 1.82) is 0 Å². The summed E-state index contributed by atoms with van der Waals surface area (Å²) in [5, 5.41) is 3.88. The van der Waals surface area contributed by atoms with Gasteiger partial charge in [0.15, 0.2) is 0 Å². The molecule has 0 aliphatic carbocycles. The van der Waals surface area contributed by atoms with Gasteiger partial charge in [-0.15, -0.1) is 12.4 Å². The van der Waals surface area contributed by atoms with Gasteiger partial charge < -0.3 is 10.2 Å². The lowest BCUT2D eigenvalue weighted by Gasteiger charge is -2.31. The summed E-state index contributed by atoms with van der Waals surface area (Å²) in [6, 6.07) is 0.633. The minimum Gasteiger partial charge on any atom is -0.341 e. The zero-order valence-corrected chi connectivity index (χ0v) is 10.8. The topological polar surface area (TPSA) is 41.0 Å². The van der Waals surface area contributed by atoms with Crippen molar-refractivity contribution < 1.29 is 0 Å². The zero-order chi connectivity index (χ0) is 10.7. The molecule has 1 aromatic heterocycles. The first-order valence-electron chi connectivity index (χ1n) is 5.19. The molecule has 0 saturated carbocycles. The number of halogens is 2. The summed E-state index contributed by atoms with van der Waals surface area (Å²) >= 11 is 5.74. The molecule has 1 aliphatic rings. The number of hydrogen-bond acceptors (Lipinski definition) is 4. The third kappa shape index (κ3) is 3.20. The lowest BCUT2D eigenvalue weighted by molar-refractivity contribution is 0.439. The molecule has 1 aliphatic heterocycles. The van der Waals surface area contributed by atoms with Gasteiger partial charge in [0.2, 0.25) is 5.95 Å². The number of aromatic nitrogens is 2. The molecule has 1 fully saturated rings. The Kier molecular flexibility index (Phi) is 5.25. The van der Waals surface area contributed by atoms with Crippen LogP contribution in [0.5, 0.6) is 0 Å². The fourth-order valence-corrected chi connectivity index (χ4v) is 1.93. The second-order valence-corrected chi connectivity index (χ2v) is 4.19. The fraction of sp³-hybridized carbons (Fsp3) is 0.600. The van der Waals surface area contributed by atoms with Crippen LogP contribution >= 0.6 is 24.0 Å². The molecule has 0 atom stereocenters. The van der Waals surface area contributed by atoms with E-state index in [1.165, 1.54) is 0 Å². The fourth-order valence-electron chi connectivity index (χ4n) is 1.84. The van der Waals surface area contributed by atoms with Gasteiger partial charge in [0.05, 0.1) is 17.4 Å². The first-order chi connectivity index (χ1) is 7.29. The van der Waals surface area contributed by atoms with E-state index in [1.807, 2.05) is 7.05 Å². The highest BCUT2D eigenvalue weighted by Crippen LogP contribution is 2.16.